The van der Waals surface area contributed by atoms with Crippen LogP contribution in [0.2, 0.25) is 10.0 Å². The third kappa shape index (κ3) is 4.25. The van der Waals surface area contributed by atoms with E-state index in [0.29, 0.717) is 17.1 Å². The summed E-state index contributed by atoms with van der Waals surface area (Å²) in [4.78, 5) is 38.3. The van der Waals surface area contributed by atoms with Gasteiger partial charge in [-0.25, -0.2) is 9.69 Å². The second kappa shape index (κ2) is 8.91. The van der Waals surface area contributed by atoms with Crippen LogP contribution in [0.3, 0.4) is 0 Å². The number of methoxy groups -OCH3 is 1. The number of imide groups is 2. The van der Waals surface area contributed by atoms with Gasteiger partial charge >= 0.3 is 6.03 Å². The molecule has 4 amide bonds. The highest BCUT2D eigenvalue weighted by Gasteiger charge is 2.37. The Bertz CT molecular complexity index is 1120. The first-order valence-corrected chi connectivity index (χ1v) is 9.22. The first-order chi connectivity index (χ1) is 14.3. The van der Waals surface area contributed by atoms with Crippen LogP contribution >= 0.6 is 23.2 Å². The number of nitrogens with one attached hydrogen (secondary N) is 1. The topological polar surface area (TPSA) is 84.9 Å². The van der Waals surface area contributed by atoms with Gasteiger partial charge in [-0.05, 0) is 42.0 Å². The SMILES string of the molecule is C#CCOc1ccc(/C=C2\C(=O)NC(=O)N(c3ccc(Cl)c(Cl)c3)C2=O)cc1OC. The fourth-order valence-electron chi connectivity index (χ4n) is 2.70. The summed E-state index contributed by atoms with van der Waals surface area (Å²) in [7, 11) is 1.44. The molecule has 1 N–H and O–H groups in total. The number of nitrogens with zero attached hydrogens (tertiary/aromatic N) is 1. The Balaban J connectivity index is 1.98. The van der Waals surface area contributed by atoms with E-state index in [0.717, 1.165) is 4.90 Å². The minimum absolute atomic E-state index is 0.0540. The summed E-state index contributed by atoms with van der Waals surface area (Å²) in [6.07, 6.45) is 6.52. The predicted octanol–water partition coefficient (Wildman–Crippen LogP) is 3.68. The van der Waals surface area contributed by atoms with Crippen molar-refractivity contribution in [3.63, 3.8) is 0 Å². The van der Waals surface area contributed by atoms with Crippen molar-refractivity contribution in [3.05, 3.63) is 57.6 Å². The number of anilines is 1. The number of barbiturate groups is 1. The summed E-state index contributed by atoms with van der Waals surface area (Å²) in [6.45, 7) is 0.0540. The third-order valence-corrected chi connectivity index (χ3v) is 4.81. The Kier molecular flexibility index (Phi) is 6.31. The van der Waals surface area contributed by atoms with Crippen molar-refractivity contribution in [2.45, 2.75) is 0 Å². The molecule has 1 saturated heterocycles. The number of rotatable bonds is 5. The zero-order valence-corrected chi connectivity index (χ0v) is 17.1. The maximum absolute atomic E-state index is 12.9. The van der Waals surface area contributed by atoms with Gasteiger partial charge < -0.3 is 9.47 Å². The molecule has 2 aromatic rings. The van der Waals surface area contributed by atoms with Crippen molar-refractivity contribution < 1.29 is 23.9 Å². The van der Waals surface area contributed by atoms with E-state index in [2.05, 4.69) is 11.2 Å². The minimum Gasteiger partial charge on any atom is -0.493 e. The lowest BCUT2D eigenvalue weighted by Gasteiger charge is -2.26. The molecule has 0 saturated carbocycles. The standard InChI is InChI=1S/C21H14Cl2N2O5/c1-3-8-30-17-7-4-12(10-18(17)29-2)9-14-19(26)24-21(28)25(20(14)27)13-5-6-15(22)16(23)11-13/h1,4-7,9-11H,8H2,2H3,(H,24,26,28)/b14-9+. The molecular formula is C21H14Cl2N2O5. The van der Waals surface area contributed by atoms with Crippen LogP contribution in [0.25, 0.3) is 6.08 Å². The summed E-state index contributed by atoms with van der Waals surface area (Å²) in [5.41, 5.74) is 0.391. The third-order valence-electron chi connectivity index (χ3n) is 4.07. The highest BCUT2D eigenvalue weighted by atomic mass is 35.5. The van der Waals surface area contributed by atoms with E-state index < -0.39 is 17.8 Å². The number of benzene rings is 2. The summed E-state index contributed by atoms with van der Waals surface area (Å²) in [6, 6.07) is 8.13. The lowest BCUT2D eigenvalue weighted by molar-refractivity contribution is -0.122. The van der Waals surface area contributed by atoms with Crippen molar-refractivity contribution in [3.8, 4) is 23.8 Å². The molecule has 7 nitrogen and oxygen atoms in total. The monoisotopic (exact) mass is 444 g/mol. The van der Waals surface area contributed by atoms with Crippen LogP contribution in [-0.2, 0) is 9.59 Å². The molecule has 0 unspecified atom stereocenters. The normalized spacial score (nSPS) is 15.1. The van der Waals surface area contributed by atoms with Gasteiger partial charge in [0.2, 0.25) is 0 Å². The minimum atomic E-state index is -0.892. The second-order valence-corrected chi connectivity index (χ2v) is 6.77. The van der Waals surface area contributed by atoms with Gasteiger partial charge in [-0.15, -0.1) is 6.42 Å². The van der Waals surface area contributed by atoms with Gasteiger partial charge in [0, 0.05) is 0 Å². The van der Waals surface area contributed by atoms with E-state index >= 15 is 0 Å². The smallest absolute Gasteiger partial charge is 0.335 e. The lowest BCUT2D eigenvalue weighted by Crippen LogP contribution is -2.54. The highest BCUT2D eigenvalue weighted by molar-refractivity contribution is 6.43. The van der Waals surface area contributed by atoms with Crippen molar-refractivity contribution in [2.75, 3.05) is 18.6 Å². The molecular weight excluding hydrogens is 431 g/mol. The van der Waals surface area contributed by atoms with E-state index in [1.54, 1.807) is 18.2 Å². The number of carbonyl (C=O) groups excluding carboxylic acids is 3. The van der Waals surface area contributed by atoms with E-state index in [1.165, 1.54) is 31.4 Å². The van der Waals surface area contributed by atoms with Gasteiger partial charge in [0.05, 0.1) is 22.8 Å². The molecule has 0 atom stereocenters. The fraction of sp³-hybridized carbons (Fsp3) is 0.0952. The molecule has 0 spiro atoms. The van der Waals surface area contributed by atoms with Crippen LogP contribution < -0.4 is 19.7 Å². The van der Waals surface area contributed by atoms with Crippen molar-refractivity contribution in [1.29, 1.82) is 0 Å². The summed E-state index contributed by atoms with van der Waals surface area (Å²) >= 11 is 11.9. The number of carbonyl (C=O) groups is 3. The number of urea groups is 1. The molecule has 152 valence electrons. The maximum Gasteiger partial charge on any atom is 0.335 e. The molecule has 1 fully saturated rings. The van der Waals surface area contributed by atoms with E-state index in [4.69, 9.17) is 39.1 Å². The Morgan fingerprint density at radius 1 is 1.10 bits per heavy atom. The molecule has 0 aromatic heterocycles. The van der Waals surface area contributed by atoms with Gasteiger partial charge in [-0.2, -0.15) is 0 Å². The average molecular weight is 445 g/mol. The lowest BCUT2D eigenvalue weighted by atomic mass is 10.1. The Labute approximate surface area is 182 Å². The number of hydrogen-bond donors (Lipinski definition) is 1. The molecule has 0 radical (unpaired) electrons. The molecule has 0 aliphatic carbocycles. The summed E-state index contributed by atoms with van der Waals surface area (Å²) in [5, 5.41) is 2.55. The van der Waals surface area contributed by atoms with Crippen LogP contribution in [-0.4, -0.2) is 31.6 Å². The maximum atomic E-state index is 12.9. The molecule has 1 aliphatic rings. The first-order valence-electron chi connectivity index (χ1n) is 8.46. The van der Waals surface area contributed by atoms with E-state index in [-0.39, 0.29) is 27.9 Å². The van der Waals surface area contributed by atoms with Gasteiger partial charge in [-0.1, -0.05) is 35.2 Å². The summed E-state index contributed by atoms with van der Waals surface area (Å²) < 4.78 is 10.6. The zero-order chi connectivity index (χ0) is 21.8. The average Bonchev–Trinajstić information content (AvgIpc) is 2.72. The van der Waals surface area contributed by atoms with Gasteiger partial charge in [0.25, 0.3) is 11.8 Å². The second-order valence-electron chi connectivity index (χ2n) is 5.96. The molecule has 9 heteroatoms. The zero-order valence-electron chi connectivity index (χ0n) is 15.6. The molecule has 30 heavy (non-hydrogen) atoms. The Morgan fingerprint density at radius 3 is 2.53 bits per heavy atom. The van der Waals surface area contributed by atoms with Crippen molar-refractivity contribution in [1.82, 2.24) is 5.32 Å². The predicted molar refractivity (Wildman–Crippen MR) is 113 cm³/mol. The molecule has 2 aromatic carbocycles. The van der Waals surface area contributed by atoms with Crippen LogP contribution in [0.5, 0.6) is 11.5 Å². The highest BCUT2D eigenvalue weighted by Crippen LogP contribution is 2.31. The van der Waals surface area contributed by atoms with Gasteiger partial charge in [0.1, 0.15) is 12.2 Å². The Hall–Kier alpha value is -3.47. The van der Waals surface area contributed by atoms with Gasteiger partial charge in [0.15, 0.2) is 11.5 Å². The van der Waals surface area contributed by atoms with Crippen LogP contribution in [0, 0.1) is 12.3 Å². The van der Waals surface area contributed by atoms with Crippen LogP contribution in [0.15, 0.2) is 42.0 Å². The number of terminal acetylenes is 1. The molecule has 1 aliphatic heterocycles. The molecule has 1 heterocycles. The number of hydrogen-bond acceptors (Lipinski definition) is 5. The van der Waals surface area contributed by atoms with Gasteiger partial charge in [-0.3, -0.25) is 14.9 Å². The number of ether oxygens (including phenoxy) is 2. The molecule has 3 rings (SSSR count). The first kappa shape index (κ1) is 21.2. The Morgan fingerprint density at radius 2 is 1.87 bits per heavy atom. The largest absolute Gasteiger partial charge is 0.493 e. The fourth-order valence-corrected chi connectivity index (χ4v) is 2.99. The summed E-state index contributed by atoms with van der Waals surface area (Å²) in [5.74, 6) is 1.48. The quantitative estimate of drug-likeness (QED) is 0.431. The molecule has 0 bridgehead atoms. The van der Waals surface area contributed by atoms with Crippen molar-refractivity contribution in [2.24, 2.45) is 0 Å². The number of amides is 4. The van der Waals surface area contributed by atoms with Crippen molar-refractivity contribution >= 4 is 52.8 Å². The number of halogens is 2. The van der Waals surface area contributed by atoms with Crippen LogP contribution in [0.1, 0.15) is 5.56 Å². The van der Waals surface area contributed by atoms with E-state index in [9.17, 15) is 14.4 Å². The van der Waals surface area contributed by atoms with Crippen LogP contribution in [0.4, 0.5) is 10.5 Å². The van der Waals surface area contributed by atoms with E-state index in [1.807, 2.05) is 0 Å².